The van der Waals surface area contributed by atoms with Gasteiger partial charge >= 0.3 is 5.97 Å². The molecule has 136 valence electrons. The summed E-state index contributed by atoms with van der Waals surface area (Å²) in [4.78, 5) is 13.3. The van der Waals surface area contributed by atoms with Crippen molar-refractivity contribution < 1.29 is 19.7 Å². The first-order chi connectivity index (χ1) is 12.5. The molecule has 0 aliphatic rings. The van der Waals surface area contributed by atoms with Crippen LogP contribution in [0.1, 0.15) is 41.3 Å². The highest BCUT2D eigenvalue weighted by atomic mass is 16.5. The lowest BCUT2D eigenvalue weighted by molar-refractivity contribution is 0.0602. The predicted octanol–water partition coefficient (Wildman–Crippen LogP) is 2.57. The number of aliphatic hydroxyl groups excluding tert-OH is 1. The third-order valence-corrected chi connectivity index (χ3v) is 4.23. The van der Waals surface area contributed by atoms with E-state index in [1.54, 1.807) is 24.3 Å². The Morgan fingerprint density at radius 3 is 2.69 bits per heavy atom. The number of carbonyl (C=O) groups is 1. The normalized spacial score (nSPS) is 11.3. The van der Waals surface area contributed by atoms with Crippen molar-refractivity contribution in [3.63, 3.8) is 0 Å². The van der Waals surface area contributed by atoms with Gasteiger partial charge in [-0.25, -0.2) is 4.79 Å². The molecule has 0 aliphatic carbocycles. The zero-order valence-corrected chi connectivity index (χ0v) is 14.9. The Balaban J connectivity index is 2.21. The number of esters is 1. The molecule has 0 aliphatic heterocycles. The van der Waals surface area contributed by atoms with Gasteiger partial charge in [0.15, 0.2) is 0 Å². The first-order valence-corrected chi connectivity index (χ1v) is 8.37. The molecule has 0 saturated carbocycles. The monoisotopic (exact) mass is 355 g/mol. The number of hydrogen-bond donors (Lipinski definition) is 2. The van der Waals surface area contributed by atoms with Gasteiger partial charge in [0, 0.05) is 6.61 Å². The Hall–Kier alpha value is -2.93. The van der Waals surface area contributed by atoms with Gasteiger partial charge in [-0.15, -0.1) is 15.0 Å². The van der Waals surface area contributed by atoms with Gasteiger partial charge in [0.05, 0.1) is 12.7 Å². The summed E-state index contributed by atoms with van der Waals surface area (Å²) in [6, 6.07) is 8.68. The summed E-state index contributed by atoms with van der Waals surface area (Å²) < 4.78 is 4.79. The lowest BCUT2D eigenvalue weighted by Gasteiger charge is -2.14. The molecule has 0 bridgehead atoms. The number of aromatic nitrogens is 3. The maximum Gasteiger partial charge on any atom is 0.340 e. The molecule has 0 radical (unpaired) electrons. The van der Waals surface area contributed by atoms with E-state index in [2.05, 4.69) is 10.2 Å². The number of nitrogens with zero attached hydrogens (tertiary/aromatic N) is 3. The molecule has 1 aromatic heterocycles. The molecule has 1 heterocycles. The molecule has 0 spiro atoms. The number of phenols is 1. The van der Waals surface area contributed by atoms with Gasteiger partial charge in [0.25, 0.3) is 0 Å². The highest BCUT2D eigenvalue weighted by molar-refractivity contribution is 6.01. The molecule has 7 nitrogen and oxygen atoms in total. The fourth-order valence-corrected chi connectivity index (χ4v) is 2.89. The van der Waals surface area contributed by atoms with Crippen molar-refractivity contribution >= 4 is 17.0 Å². The smallest absolute Gasteiger partial charge is 0.340 e. The van der Waals surface area contributed by atoms with E-state index < -0.39 is 5.97 Å². The van der Waals surface area contributed by atoms with Gasteiger partial charge < -0.3 is 14.9 Å². The lowest BCUT2D eigenvalue weighted by Crippen LogP contribution is -2.05. The second-order valence-electron chi connectivity index (χ2n) is 6.34. The quantitative estimate of drug-likeness (QED) is 0.683. The molecule has 0 unspecified atom stereocenters. The Morgan fingerprint density at radius 2 is 2.04 bits per heavy atom. The van der Waals surface area contributed by atoms with Crippen LogP contribution in [0.5, 0.6) is 5.75 Å². The van der Waals surface area contributed by atoms with Crippen molar-refractivity contribution in [3.8, 4) is 11.4 Å². The Kier molecular flexibility index (Phi) is 4.90. The highest BCUT2D eigenvalue weighted by Gasteiger charge is 2.19. The van der Waals surface area contributed by atoms with Crippen molar-refractivity contribution in [3.05, 3.63) is 47.0 Å². The van der Waals surface area contributed by atoms with Crippen LogP contribution < -0.4 is 0 Å². The van der Waals surface area contributed by atoms with E-state index in [1.807, 2.05) is 19.9 Å². The fourth-order valence-electron chi connectivity index (χ4n) is 2.89. The Labute approximate surface area is 150 Å². The SMILES string of the molecule is COC(=O)c1cccc2nn(-c3cc(CCO)cc(C(C)C)c3O)nc12. The summed E-state index contributed by atoms with van der Waals surface area (Å²) in [6.07, 6.45) is 0.460. The number of hydrogen-bond acceptors (Lipinski definition) is 6. The van der Waals surface area contributed by atoms with Crippen LogP contribution in [0.4, 0.5) is 0 Å². The number of phenolic OH excluding ortho intramolecular Hbond substituents is 1. The average Bonchev–Trinajstić information content (AvgIpc) is 3.06. The van der Waals surface area contributed by atoms with Crippen LogP contribution in [-0.4, -0.2) is 44.9 Å². The zero-order chi connectivity index (χ0) is 18.8. The molecule has 2 aromatic carbocycles. The minimum atomic E-state index is -0.497. The number of benzene rings is 2. The molecule has 0 saturated heterocycles. The molecule has 0 atom stereocenters. The van der Waals surface area contributed by atoms with Crippen molar-refractivity contribution in [2.24, 2.45) is 0 Å². The van der Waals surface area contributed by atoms with E-state index in [0.29, 0.717) is 28.7 Å². The number of fused-ring (bicyclic) bond motifs is 1. The Morgan fingerprint density at radius 1 is 1.27 bits per heavy atom. The van der Waals surface area contributed by atoms with Crippen LogP contribution in [0.15, 0.2) is 30.3 Å². The van der Waals surface area contributed by atoms with Crippen molar-refractivity contribution in [1.82, 2.24) is 15.0 Å². The summed E-state index contributed by atoms with van der Waals surface area (Å²) in [5, 5.41) is 28.8. The third kappa shape index (κ3) is 3.13. The van der Waals surface area contributed by atoms with Gasteiger partial charge in [-0.05, 0) is 41.7 Å². The summed E-state index contributed by atoms with van der Waals surface area (Å²) in [7, 11) is 1.31. The van der Waals surface area contributed by atoms with Gasteiger partial charge in [-0.1, -0.05) is 26.0 Å². The topological polar surface area (TPSA) is 97.5 Å². The molecule has 0 amide bonds. The van der Waals surface area contributed by atoms with E-state index in [9.17, 15) is 15.0 Å². The standard InChI is InChI=1S/C19H21N3O4/c1-11(2)14-9-12(7-8-23)10-16(18(14)24)22-20-15-6-4-5-13(17(15)21-22)19(25)26-3/h4-6,9-11,23-24H,7-8H2,1-3H3. The summed E-state index contributed by atoms with van der Waals surface area (Å²) >= 11 is 0. The number of carbonyl (C=O) groups excluding carboxylic acids is 1. The molecule has 3 aromatic rings. The van der Waals surface area contributed by atoms with Gasteiger partial charge in [-0.2, -0.15) is 0 Å². The first-order valence-electron chi connectivity index (χ1n) is 8.37. The fraction of sp³-hybridized carbons (Fsp3) is 0.316. The van der Waals surface area contributed by atoms with Crippen LogP contribution in [0.25, 0.3) is 16.7 Å². The zero-order valence-electron chi connectivity index (χ0n) is 14.9. The van der Waals surface area contributed by atoms with E-state index in [1.165, 1.54) is 11.9 Å². The number of aliphatic hydroxyl groups is 1. The van der Waals surface area contributed by atoms with Crippen LogP contribution in [0, 0.1) is 0 Å². The van der Waals surface area contributed by atoms with E-state index in [0.717, 1.165) is 11.1 Å². The van der Waals surface area contributed by atoms with Gasteiger partial charge in [0.2, 0.25) is 0 Å². The minimum Gasteiger partial charge on any atom is -0.505 e. The molecule has 2 N–H and O–H groups in total. The number of methoxy groups -OCH3 is 1. The van der Waals surface area contributed by atoms with Crippen LogP contribution >= 0.6 is 0 Å². The van der Waals surface area contributed by atoms with Gasteiger partial charge in [0.1, 0.15) is 22.5 Å². The largest absolute Gasteiger partial charge is 0.505 e. The first kappa shape index (κ1) is 17.9. The van der Waals surface area contributed by atoms with Crippen molar-refractivity contribution in [1.29, 1.82) is 0 Å². The van der Waals surface area contributed by atoms with E-state index >= 15 is 0 Å². The summed E-state index contributed by atoms with van der Waals surface area (Å²) in [5.41, 5.74) is 3.26. The lowest BCUT2D eigenvalue weighted by atomic mass is 9.97. The van der Waals surface area contributed by atoms with Crippen LogP contribution in [0.2, 0.25) is 0 Å². The average molecular weight is 355 g/mol. The Bertz CT molecular complexity index is 963. The maximum absolute atomic E-state index is 11.9. The summed E-state index contributed by atoms with van der Waals surface area (Å²) in [6.45, 7) is 3.95. The summed E-state index contributed by atoms with van der Waals surface area (Å²) in [5.74, 6) is -0.326. The van der Waals surface area contributed by atoms with E-state index in [-0.39, 0.29) is 18.3 Å². The maximum atomic E-state index is 11.9. The predicted molar refractivity (Wildman–Crippen MR) is 96.7 cm³/mol. The molecule has 3 rings (SSSR count). The van der Waals surface area contributed by atoms with Gasteiger partial charge in [-0.3, -0.25) is 0 Å². The van der Waals surface area contributed by atoms with Crippen LogP contribution in [-0.2, 0) is 11.2 Å². The molecule has 26 heavy (non-hydrogen) atoms. The second-order valence-corrected chi connectivity index (χ2v) is 6.34. The minimum absolute atomic E-state index is 0.00273. The third-order valence-electron chi connectivity index (χ3n) is 4.23. The second kappa shape index (κ2) is 7.13. The van der Waals surface area contributed by atoms with Crippen molar-refractivity contribution in [2.45, 2.75) is 26.2 Å². The highest BCUT2D eigenvalue weighted by Crippen LogP contribution is 2.33. The molecular weight excluding hydrogens is 334 g/mol. The molecule has 7 heteroatoms. The van der Waals surface area contributed by atoms with Crippen molar-refractivity contribution in [2.75, 3.05) is 13.7 Å². The van der Waals surface area contributed by atoms with Crippen LogP contribution in [0.3, 0.4) is 0 Å². The number of ether oxygens (including phenoxy) is 1. The molecular formula is C19H21N3O4. The van der Waals surface area contributed by atoms with E-state index in [4.69, 9.17) is 4.74 Å². The molecule has 0 fully saturated rings. The number of aromatic hydroxyl groups is 1. The number of rotatable bonds is 5.